The van der Waals surface area contributed by atoms with Crippen molar-refractivity contribution in [2.75, 3.05) is 11.3 Å². The molecule has 0 fully saturated rings. The van der Waals surface area contributed by atoms with Crippen LogP contribution in [0.2, 0.25) is 0 Å². The van der Waals surface area contributed by atoms with Gasteiger partial charge in [0.25, 0.3) is 5.95 Å². The third kappa shape index (κ3) is 3.44. The number of nitrogen functional groups attached to an aromatic ring is 1. The minimum Gasteiger partial charge on any atom is -0.335 e. The Hall–Kier alpha value is -1.60. The van der Waals surface area contributed by atoms with Crippen molar-refractivity contribution in [1.82, 2.24) is 14.9 Å². The molecule has 2 aromatic rings. The van der Waals surface area contributed by atoms with Crippen molar-refractivity contribution < 1.29 is 0 Å². The predicted molar refractivity (Wildman–Crippen MR) is 77.5 cm³/mol. The van der Waals surface area contributed by atoms with Crippen LogP contribution in [0.3, 0.4) is 0 Å². The fourth-order valence-corrected chi connectivity index (χ4v) is 1.42. The lowest BCUT2D eigenvalue weighted by atomic mass is 10.2. The number of nitrogens with two attached hydrogens (primary N) is 1. The van der Waals surface area contributed by atoms with Gasteiger partial charge in [-0.3, -0.25) is 0 Å². The lowest BCUT2D eigenvalue weighted by Gasteiger charge is -1.99. The van der Waals surface area contributed by atoms with Crippen LogP contribution in [0.15, 0.2) is 33.8 Å². The largest absolute Gasteiger partial charge is 0.335 e. The summed E-state index contributed by atoms with van der Waals surface area (Å²) >= 11 is 3.36. The quantitative estimate of drug-likeness (QED) is 0.511. The fraction of sp³-hybridized carbons (Fsp3) is 0.100. The number of hydrazone groups is 1. The molecule has 0 aliphatic carbocycles. The average Bonchev–Trinajstić information content (AvgIpc) is 2.64. The van der Waals surface area contributed by atoms with E-state index in [9.17, 15) is 0 Å². The van der Waals surface area contributed by atoms with E-state index in [2.05, 4.69) is 36.7 Å². The number of aromatic nitrogens is 3. The maximum atomic E-state index is 5.65. The molecule has 96 valence electrons. The number of anilines is 1. The number of nitrogens with one attached hydrogen (secondary N) is 1. The summed E-state index contributed by atoms with van der Waals surface area (Å²) in [5.74, 6) is 6.67. The van der Waals surface area contributed by atoms with Crippen molar-refractivity contribution >= 4 is 40.5 Å². The van der Waals surface area contributed by atoms with Crippen molar-refractivity contribution in [3.63, 3.8) is 0 Å². The SMILES string of the molecule is Cc1nnc(N/N=C/c2ccc(Br)cc2)n1N.Cl. The van der Waals surface area contributed by atoms with Crippen LogP contribution >= 0.6 is 28.3 Å². The summed E-state index contributed by atoms with van der Waals surface area (Å²) in [6.45, 7) is 1.76. The first-order valence-electron chi connectivity index (χ1n) is 4.88. The Morgan fingerprint density at radius 2 is 2.00 bits per heavy atom. The molecule has 1 aromatic carbocycles. The maximum absolute atomic E-state index is 5.65. The topological polar surface area (TPSA) is 81.1 Å². The zero-order valence-electron chi connectivity index (χ0n) is 9.54. The maximum Gasteiger partial charge on any atom is 0.263 e. The first kappa shape index (κ1) is 14.5. The number of nitrogens with zero attached hydrogens (tertiary/aromatic N) is 4. The van der Waals surface area contributed by atoms with E-state index in [1.165, 1.54) is 4.68 Å². The molecule has 0 amide bonds. The number of benzene rings is 1. The zero-order chi connectivity index (χ0) is 12.3. The molecule has 0 bridgehead atoms. The number of halogens is 2. The molecule has 0 unspecified atom stereocenters. The molecule has 1 heterocycles. The van der Waals surface area contributed by atoms with Gasteiger partial charge in [0.15, 0.2) is 5.82 Å². The Morgan fingerprint density at radius 3 is 2.56 bits per heavy atom. The van der Waals surface area contributed by atoms with Crippen molar-refractivity contribution in [2.24, 2.45) is 5.10 Å². The van der Waals surface area contributed by atoms with E-state index in [1.54, 1.807) is 13.1 Å². The highest BCUT2D eigenvalue weighted by Gasteiger charge is 2.02. The second kappa shape index (κ2) is 6.36. The molecule has 0 radical (unpaired) electrons. The monoisotopic (exact) mass is 330 g/mol. The third-order valence-corrected chi connectivity index (χ3v) is 2.64. The molecule has 0 aliphatic heterocycles. The Labute approximate surface area is 119 Å². The van der Waals surface area contributed by atoms with Crippen molar-refractivity contribution in [3.05, 3.63) is 40.1 Å². The van der Waals surface area contributed by atoms with Gasteiger partial charge in [-0.1, -0.05) is 28.1 Å². The Balaban J connectivity index is 0.00000162. The fourth-order valence-electron chi connectivity index (χ4n) is 1.16. The molecule has 6 nitrogen and oxygen atoms in total. The molecule has 3 N–H and O–H groups in total. The van der Waals surface area contributed by atoms with Gasteiger partial charge in [-0.2, -0.15) is 5.10 Å². The molecule has 8 heteroatoms. The molecular formula is C10H12BrClN6. The standard InChI is InChI=1S/C10H11BrN6.ClH/c1-7-14-16-10(17(7)12)15-13-6-8-2-4-9(11)5-3-8;/h2-6H,12H2,1H3,(H,15,16);1H/b13-6+;. The van der Waals surface area contributed by atoms with E-state index in [0.717, 1.165) is 10.0 Å². The van der Waals surface area contributed by atoms with Crippen LogP contribution in [0.5, 0.6) is 0 Å². The summed E-state index contributed by atoms with van der Waals surface area (Å²) in [6, 6.07) is 7.76. The summed E-state index contributed by atoms with van der Waals surface area (Å²) < 4.78 is 2.36. The van der Waals surface area contributed by atoms with Crippen LogP contribution in [0.4, 0.5) is 5.95 Å². The molecule has 0 saturated heterocycles. The number of aryl methyl sites for hydroxylation is 1. The summed E-state index contributed by atoms with van der Waals surface area (Å²) in [5.41, 5.74) is 3.69. The number of hydrogen-bond acceptors (Lipinski definition) is 5. The summed E-state index contributed by atoms with van der Waals surface area (Å²) in [7, 11) is 0. The van der Waals surface area contributed by atoms with Gasteiger partial charge >= 0.3 is 0 Å². The van der Waals surface area contributed by atoms with Gasteiger partial charge < -0.3 is 5.84 Å². The van der Waals surface area contributed by atoms with E-state index in [0.29, 0.717) is 11.8 Å². The van der Waals surface area contributed by atoms with E-state index >= 15 is 0 Å². The van der Waals surface area contributed by atoms with Crippen molar-refractivity contribution in [2.45, 2.75) is 6.92 Å². The van der Waals surface area contributed by atoms with E-state index in [1.807, 2.05) is 24.3 Å². The van der Waals surface area contributed by atoms with Crippen LogP contribution in [-0.2, 0) is 0 Å². The summed E-state index contributed by atoms with van der Waals surface area (Å²) in [6.07, 6.45) is 1.68. The van der Waals surface area contributed by atoms with E-state index in [4.69, 9.17) is 5.84 Å². The van der Waals surface area contributed by atoms with Crippen molar-refractivity contribution in [1.29, 1.82) is 0 Å². The Morgan fingerprint density at radius 1 is 1.33 bits per heavy atom. The Kier molecular flexibility index (Phi) is 5.11. The third-order valence-electron chi connectivity index (χ3n) is 2.11. The van der Waals surface area contributed by atoms with Crippen LogP contribution in [-0.4, -0.2) is 21.1 Å². The smallest absolute Gasteiger partial charge is 0.263 e. The van der Waals surface area contributed by atoms with Gasteiger partial charge in [-0.05, 0) is 24.6 Å². The first-order valence-corrected chi connectivity index (χ1v) is 5.68. The first-order chi connectivity index (χ1) is 8.16. The molecule has 18 heavy (non-hydrogen) atoms. The highest BCUT2D eigenvalue weighted by atomic mass is 79.9. The van der Waals surface area contributed by atoms with Crippen LogP contribution in [0, 0.1) is 6.92 Å². The molecule has 0 saturated carbocycles. The van der Waals surface area contributed by atoms with Crippen LogP contribution in [0.1, 0.15) is 11.4 Å². The summed E-state index contributed by atoms with van der Waals surface area (Å²) in [4.78, 5) is 0. The van der Waals surface area contributed by atoms with Gasteiger partial charge in [-0.15, -0.1) is 22.6 Å². The predicted octanol–water partition coefficient (Wildman–Crippen LogP) is 1.93. The highest BCUT2D eigenvalue weighted by molar-refractivity contribution is 9.10. The molecule has 0 aliphatic rings. The normalized spacial score (nSPS) is 10.3. The lowest BCUT2D eigenvalue weighted by molar-refractivity contribution is 0.926. The molecule has 0 spiro atoms. The second-order valence-corrected chi connectivity index (χ2v) is 4.28. The minimum absolute atomic E-state index is 0. The van der Waals surface area contributed by atoms with Crippen LogP contribution < -0.4 is 11.3 Å². The highest BCUT2D eigenvalue weighted by Crippen LogP contribution is 2.09. The van der Waals surface area contributed by atoms with E-state index in [-0.39, 0.29) is 12.4 Å². The van der Waals surface area contributed by atoms with Crippen molar-refractivity contribution in [3.8, 4) is 0 Å². The average molecular weight is 332 g/mol. The van der Waals surface area contributed by atoms with Crippen LogP contribution in [0.25, 0.3) is 0 Å². The number of hydrogen-bond donors (Lipinski definition) is 2. The van der Waals surface area contributed by atoms with Gasteiger partial charge in [0.2, 0.25) is 0 Å². The number of rotatable bonds is 3. The van der Waals surface area contributed by atoms with Gasteiger partial charge in [-0.25, -0.2) is 10.1 Å². The second-order valence-electron chi connectivity index (χ2n) is 3.36. The van der Waals surface area contributed by atoms with Gasteiger partial charge in [0.05, 0.1) is 6.21 Å². The van der Waals surface area contributed by atoms with Gasteiger partial charge in [0.1, 0.15) is 0 Å². The van der Waals surface area contributed by atoms with E-state index < -0.39 is 0 Å². The molecular weight excluding hydrogens is 320 g/mol. The zero-order valence-corrected chi connectivity index (χ0v) is 11.9. The van der Waals surface area contributed by atoms with Gasteiger partial charge in [0, 0.05) is 4.47 Å². The summed E-state index contributed by atoms with van der Waals surface area (Å²) in [5, 5.41) is 11.6. The Bertz CT molecular complexity index is 536. The minimum atomic E-state index is 0. The molecule has 0 atom stereocenters. The molecule has 2 rings (SSSR count). The molecule has 1 aromatic heterocycles. The lowest BCUT2D eigenvalue weighted by Crippen LogP contribution is -2.13.